The smallest absolute Gasteiger partial charge is 0.251 e. The molecule has 18 rings (SSSR count). The highest BCUT2D eigenvalue weighted by Crippen LogP contribution is 2.49. The number of halogens is 1. The van der Waals surface area contributed by atoms with Crippen molar-refractivity contribution in [1.29, 1.82) is 0 Å². The lowest BCUT2D eigenvalue weighted by atomic mass is 10.0. The van der Waals surface area contributed by atoms with Gasteiger partial charge in [-0.2, -0.15) is 0 Å². The molecule has 0 spiro atoms. The monoisotopic (exact) mass is 1800 g/mol. The van der Waals surface area contributed by atoms with Gasteiger partial charge in [-0.05, 0) is 277 Å². The first kappa shape index (κ1) is 92.4. The largest absolute Gasteiger partial charge is 0.399 e. The van der Waals surface area contributed by atoms with Crippen LogP contribution in [0.3, 0.4) is 0 Å². The van der Waals surface area contributed by atoms with E-state index in [4.69, 9.17) is 34.5 Å². The number of para-hydroxylation sites is 1. The van der Waals surface area contributed by atoms with Crippen LogP contribution in [0.1, 0.15) is 68.1 Å². The lowest BCUT2D eigenvalue weighted by Gasteiger charge is -2.29. The number of nitrogens with two attached hydrogens (primary N) is 4. The first-order chi connectivity index (χ1) is 60.8. The van der Waals surface area contributed by atoms with Gasteiger partial charge in [0.25, 0.3) is 11.1 Å². The molecule has 4 aliphatic rings. The molecule has 2 aromatic heterocycles. The van der Waals surface area contributed by atoms with Crippen molar-refractivity contribution >= 4 is 169 Å². The van der Waals surface area contributed by atoms with Gasteiger partial charge < -0.3 is 51.7 Å². The van der Waals surface area contributed by atoms with Crippen LogP contribution < -0.4 is 53.7 Å². The highest BCUT2D eigenvalue weighted by atomic mass is 35.5. The predicted octanol–water partition coefficient (Wildman–Crippen LogP) is 27.9. The first-order valence-electron chi connectivity index (χ1n) is 41.4. The summed E-state index contributed by atoms with van der Waals surface area (Å²) < 4.78 is 3.35. The highest BCUT2D eigenvalue weighted by molar-refractivity contribution is 8.09. The molecule has 127 heavy (non-hydrogen) atoms. The molecule has 8 N–H and O–H groups in total. The van der Waals surface area contributed by atoms with E-state index in [1.807, 2.05) is 93.0 Å². The fourth-order valence-corrected chi connectivity index (χ4v) is 20.3. The highest BCUT2D eigenvalue weighted by Gasteiger charge is 2.25. The number of hydrogen-bond donors (Lipinski definition) is 4. The van der Waals surface area contributed by atoms with E-state index in [1.165, 1.54) is 123 Å². The fraction of sp³-hybridized carbons (Fsp3) is 0.130. The van der Waals surface area contributed by atoms with Crippen LogP contribution in [0.5, 0.6) is 0 Å². The minimum Gasteiger partial charge on any atom is -0.399 e. The second-order valence-electron chi connectivity index (χ2n) is 31.4. The van der Waals surface area contributed by atoms with Gasteiger partial charge in [0.05, 0.1) is 11.0 Å². The summed E-state index contributed by atoms with van der Waals surface area (Å²) in [6.07, 6.45) is 9.61. The van der Waals surface area contributed by atoms with E-state index < -0.39 is 0 Å². The van der Waals surface area contributed by atoms with Crippen LogP contribution in [0.2, 0.25) is 5.02 Å². The molecule has 0 fully saturated rings. The molecule has 0 unspecified atom stereocenters. The van der Waals surface area contributed by atoms with E-state index in [2.05, 4.69) is 316 Å². The Morgan fingerprint density at radius 1 is 0.307 bits per heavy atom. The molecule has 0 saturated carbocycles. The Kier molecular flexibility index (Phi) is 30.2. The molecular weight excluding hydrogens is 1700 g/mol. The van der Waals surface area contributed by atoms with Gasteiger partial charge in [0.15, 0.2) is 0 Å². The Labute approximate surface area is 777 Å². The number of hydrogen-bond acceptors (Lipinski definition) is 16. The number of nitrogen functional groups attached to an aromatic ring is 4. The summed E-state index contributed by atoms with van der Waals surface area (Å²) in [7, 11) is 11.8. The second kappa shape index (κ2) is 41.5. The number of likely N-dealkylation sites (N-methyl/N-ethyl adjacent to an activating group) is 4. The van der Waals surface area contributed by atoms with Gasteiger partial charge in [0.1, 0.15) is 0 Å². The van der Waals surface area contributed by atoms with E-state index in [0.29, 0.717) is 5.02 Å². The second-order valence-corrected chi connectivity index (χ2v) is 38.6. The van der Waals surface area contributed by atoms with E-state index in [-0.39, 0.29) is 11.1 Å². The van der Waals surface area contributed by atoms with Crippen molar-refractivity contribution < 1.29 is 0 Å². The molecule has 642 valence electrons. The molecular formula is C108H105ClN10O2S6. The number of rotatable bonds is 13. The molecule has 14 aromatic rings. The Morgan fingerprint density at radius 3 is 1.00 bits per heavy atom. The lowest BCUT2D eigenvalue weighted by Crippen LogP contribution is -2.19. The summed E-state index contributed by atoms with van der Waals surface area (Å²) in [4.78, 5) is 46.7. The fourth-order valence-electron chi connectivity index (χ4n) is 14.2. The minimum absolute atomic E-state index is 0.0284. The molecule has 6 heterocycles. The van der Waals surface area contributed by atoms with Crippen LogP contribution in [0.25, 0.3) is 41.4 Å². The molecule has 0 radical (unpaired) electrons. The van der Waals surface area contributed by atoms with Crippen LogP contribution >= 0.6 is 82.2 Å². The predicted molar refractivity (Wildman–Crippen MR) is 557 cm³/mol. The van der Waals surface area contributed by atoms with Gasteiger partial charge in [0.2, 0.25) is 0 Å². The third-order valence-electron chi connectivity index (χ3n) is 22.0. The van der Waals surface area contributed by atoms with E-state index in [1.54, 1.807) is 98.9 Å². The summed E-state index contributed by atoms with van der Waals surface area (Å²) in [5.74, 6) is 0. The normalized spacial score (nSPS) is 12.9. The van der Waals surface area contributed by atoms with Crippen molar-refractivity contribution in [2.24, 2.45) is 14.1 Å². The summed E-state index contributed by atoms with van der Waals surface area (Å²) in [5, 5.41) is 2.80. The molecule has 0 aliphatic carbocycles. The van der Waals surface area contributed by atoms with Crippen molar-refractivity contribution in [3.05, 3.63) is 427 Å². The van der Waals surface area contributed by atoms with Crippen molar-refractivity contribution in [2.45, 2.75) is 94.1 Å². The summed E-state index contributed by atoms with van der Waals surface area (Å²) in [5.41, 5.74) is 50.7. The van der Waals surface area contributed by atoms with Gasteiger partial charge in [-0.15, -0.1) is 0 Å². The maximum absolute atomic E-state index is 12.2. The zero-order valence-electron chi connectivity index (χ0n) is 73.9. The summed E-state index contributed by atoms with van der Waals surface area (Å²) in [6.45, 7) is 31.3. The Morgan fingerprint density at radius 2 is 0.614 bits per heavy atom. The zero-order chi connectivity index (χ0) is 90.6. The Hall–Kier alpha value is -12.2. The van der Waals surface area contributed by atoms with Gasteiger partial charge >= 0.3 is 0 Å². The van der Waals surface area contributed by atoms with Crippen molar-refractivity contribution in [2.75, 3.05) is 70.7 Å². The number of nitrogens with zero attached hydrogens (tertiary/aromatic N) is 6. The van der Waals surface area contributed by atoms with Gasteiger partial charge in [0, 0.05) is 220 Å². The molecule has 0 atom stereocenters. The van der Waals surface area contributed by atoms with Crippen LogP contribution in [-0.2, 0) is 20.5 Å². The molecule has 0 saturated heterocycles. The number of anilines is 8. The van der Waals surface area contributed by atoms with Crippen LogP contribution in [0, 0.1) is 41.5 Å². The third-order valence-corrected chi connectivity index (χ3v) is 28.7. The maximum atomic E-state index is 12.2. The van der Waals surface area contributed by atoms with Gasteiger partial charge in [-0.3, -0.25) is 9.59 Å². The topological polar surface area (TPSA) is 161 Å². The number of benzene rings is 12. The molecule has 0 amide bonds. The van der Waals surface area contributed by atoms with Crippen LogP contribution in [0.15, 0.2) is 389 Å². The number of fused-ring (bicyclic) bond motifs is 6. The number of thioether (sulfide) groups is 4. The van der Waals surface area contributed by atoms with Crippen molar-refractivity contribution in [3.8, 4) is 0 Å². The molecule has 4 aliphatic heterocycles. The number of pyridine rings is 2. The Bertz CT molecular complexity index is 6650. The zero-order valence-corrected chi connectivity index (χ0v) is 79.5. The minimum atomic E-state index is -0.0284. The average Bonchev–Trinajstić information content (AvgIpc) is 0.632. The van der Waals surface area contributed by atoms with Crippen molar-refractivity contribution in [3.63, 3.8) is 0 Å². The summed E-state index contributed by atoms with van der Waals surface area (Å²) in [6, 6.07) is 90.1. The Balaban J connectivity index is 0.000000130. The quantitative estimate of drug-likeness (QED) is 0.0807. The van der Waals surface area contributed by atoms with E-state index in [9.17, 15) is 9.59 Å². The summed E-state index contributed by atoms with van der Waals surface area (Å²) >= 11 is 16.3. The van der Waals surface area contributed by atoms with Crippen LogP contribution in [-0.4, -0.2) is 37.3 Å². The van der Waals surface area contributed by atoms with E-state index >= 15 is 0 Å². The van der Waals surface area contributed by atoms with E-state index in [0.717, 1.165) is 93.3 Å². The van der Waals surface area contributed by atoms with Crippen molar-refractivity contribution in [1.82, 2.24) is 9.13 Å². The SMILES string of the molecule is C=C1C=C(Sc2ccc(N)cc2)c2cc(C)ccc2N1C.C=C1C=C(Sc2ccc(N)cc2)c2cc(C)ccc2N1C.C=C1C=C(Sc2ccc(N)cc2)c2cc(CC)ccc2N1C.C=C1C=C(Sc2ccc(N)cc2)c2ccccc2N1C.Cc1ccc(Sc2cc(=O)n(C)c3cc(C)c(C)cc23)cc1.Cc1ccc(Sc2cc(=O)n(C)c3cc(Cl)ccc23)cc1. The molecule has 12 nitrogen and oxygen atoms in total. The lowest BCUT2D eigenvalue weighted by molar-refractivity contribution is 0.897. The maximum Gasteiger partial charge on any atom is 0.251 e. The molecule has 19 heteroatoms. The van der Waals surface area contributed by atoms with Gasteiger partial charge in [-0.1, -0.05) is 204 Å². The molecule has 0 bridgehead atoms. The number of aryl methyl sites for hydroxylation is 9. The van der Waals surface area contributed by atoms with Crippen LogP contribution in [0.4, 0.5) is 45.5 Å². The number of aromatic nitrogens is 2. The molecule has 12 aromatic carbocycles. The number of allylic oxidation sites excluding steroid dienone is 4. The van der Waals surface area contributed by atoms with Gasteiger partial charge in [-0.25, -0.2) is 0 Å². The third kappa shape index (κ3) is 23.0. The average molecular weight is 1800 g/mol. The first-order valence-corrected chi connectivity index (χ1v) is 46.6. The standard InChI is InChI=1S/C19H20N2S.C19H19NOS.2C18H18N2S.C17H14ClNOS.C17H16N2S/c1-4-14-5-10-18-17(12-14)19(11-13(2)21(18)3)22-16-8-6-15(20)7-9-16;1-12-5-7-15(8-6-12)22-18-11-19(21)20(4)17-10-14(3)13(2)9-16(17)18;2*1-12-4-9-17-16(10-12)18(11-13(2)20(17)3)21-15-7-5-14(19)6-8-15;1-11-3-6-13(7-4-11)21-16-10-17(20)19(2)15-9-12(18)5-8-14(15)16;1-12-11-17(20-14-9-7-13(18)8-10-14)15-5-3-4-6-16(15)19(12)2/h5-12H,2,4,20H2,1,3H3;5-11H,1-4H3;2*4-11H,2,19H2,1,3H3;3-10H,1-2H3;3-11H,1,18H2,2H3.